The van der Waals surface area contributed by atoms with E-state index in [1.54, 1.807) is 24.3 Å². The van der Waals surface area contributed by atoms with Crippen LogP contribution in [-0.4, -0.2) is 34.6 Å². The van der Waals surface area contributed by atoms with Gasteiger partial charge in [-0.2, -0.15) is 0 Å². The minimum atomic E-state index is -0.918. The number of allylic oxidation sites excluding steroid dienone is 2. The largest absolute Gasteiger partial charge is 0.480 e. The first-order valence-electron chi connectivity index (χ1n) is 10.0. The quantitative estimate of drug-likeness (QED) is 0.421. The molecule has 1 aromatic heterocycles. The van der Waals surface area contributed by atoms with Gasteiger partial charge in [-0.15, -0.1) is 0 Å². The zero-order chi connectivity index (χ0) is 22.4. The predicted octanol–water partition coefficient (Wildman–Crippen LogP) is 4.23. The lowest BCUT2D eigenvalue weighted by Gasteiger charge is -2.29. The van der Waals surface area contributed by atoms with Crippen molar-refractivity contribution in [2.75, 3.05) is 11.9 Å². The first kappa shape index (κ1) is 22.9. The molecule has 1 aromatic carbocycles. The second-order valence-corrected chi connectivity index (χ2v) is 8.07. The molecule has 0 fully saturated rings. The molecule has 2 aromatic rings. The number of anilines is 1. The highest BCUT2D eigenvalue weighted by atomic mass is 35.5. The van der Waals surface area contributed by atoms with Gasteiger partial charge in [-0.1, -0.05) is 42.3 Å². The summed E-state index contributed by atoms with van der Waals surface area (Å²) in [5.41, 5.74) is 3.56. The van der Waals surface area contributed by atoms with Crippen LogP contribution in [0.1, 0.15) is 42.1 Å². The lowest BCUT2D eigenvalue weighted by Crippen LogP contribution is -2.41. The average molecular weight is 463 g/mol. The second kappa shape index (κ2) is 10.5. The van der Waals surface area contributed by atoms with Crippen LogP contribution in [0.5, 0.6) is 0 Å². The van der Waals surface area contributed by atoms with E-state index >= 15 is 0 Å². The summed E-state index contributed by atoms with van der Waals surface area (Å²) in [6.45, 7) is 2.96. The summed E-state index contributed by atoms with van der Waals surface area (Å²) < 4.78 is 0. The Hall–Kier alpha value is -2.77. The number of amides is 1. The molecule has 0 saturated carbocycles. The Morgan fingerprint density at radius 3 is 2.29 bits per heavy atom. The van der Waals surface area contributed by atoms with Crippen LogP contribution in [0.15, 0.2) is 48.1 Å². The molecule has 164 valence electrons. The van der Waals surface area contributed by atoms with Crippen molar-refractivity contribution in [1.29, 1.82) is 0 Å². The van der Waals surface area contributed by atoms with E-state index in [2.05, 4.69) is 27.9 Å². The Balaban J connectivity index is 1.64. The Labute approximate surface area is 190 Å². The van der Waals surface area contributed by atoms with E-state index in [0.717, 1.165) is 42.8 Å². The van der Waals surface area contributed by atoms with Gasteiger partial charge in [0.1, 0.15) is 6.04 Å². The number of pyridine rings is 1. The Morgan fingerprint density at radius 2 is 1.74 bits per heavy atom. The first-order valence-corrected chi connectivity index (χ1v) is 10.8. The molecular formula is C22H24Cl2N4O3. The van der Waals surface area contributed by atoms with Crippen molar-refractivity contribution in [2.24, 2.45) is 0 Å². The van der Waals surface area contributed by atoms with Crippen molar-refractivity contribution >= 4 is 40.8 Å². The average Bonchev–Trinajstić information content (AvgIpc) is 2.73. The SMILES string of the molecule is CCCNC1=C(N[C@@H](Cc2ccc(C(=O)Nc3c(Cl)cncc3Cl)cc2)C(=O)O)CC1. The summed E-state index contributed by atoms with van der Waals surface area (Å²) in [7, 11) is 0. The third-order valence-corrected chi connectivity index (χ3v) is 5.55. The van der Waals surface area contributed by atoms with Gasteiger partial charge in [0.05, 0.1) is 15.7 Å². The number of benzene rings is 1. The number of nitrogens with one attached hydrogen (secondary N) is 3. The number of carbonyl (C=O) groups excluding carboxylic acids is 1. The molecule has 1 heterocycles. The van der Waals surface area contributed by atoms with Gasteiger partial charge in [-0.3, -0.25) is 9.78 Å². The summed E-state index contributed by atoms with van der Waals surface area (Å²) in [6, 6.07) is 6.02. The standard InChI is InChI=1S/C22H24Cl2N4O3/c1-2-9-26-17-7-8-18(17)27-19(22(30)31)10-13-3-5-14(6-4-13)21(29)28-20-15(23)11-25-12-16(20)24/h3-6,11-12,19,26-27H,2,7-10H2,1H3,(H,30,31)(H,25,28,29)/t19-/m0/s1. The molecule has 0 aliphatic heterocycles. The fourth-order valence-corrected chi connectivity index (χ4v) is 3.62. The zero-order valence-corrected chi connectivity index (χ0v) is 18.6. The maximum absolute atomic E-state index is 12.5. The summed E-state index contributed by atoms with van der Waals surface area (Å²) in [5, 5.41) is 19.3. The van der Waals surface area contributed by atoms with E-state index in [9.17, 15) is 14.7 Å². The van der Waals surface area contributed by atoms with Crippen molar-refractivity contribution in [3.8, 4) is 0 Å². The lowest BCUT2D eigenvalue weighted by molar-refractivity contribution is -0.139. The third kappa shape index (κ3) is 5.89. The smallest absolute Gasteiger partial charge is 0.326 e. The number of halogens is 2. The molecule has 0 spiro atoms. The van der Waals surface area contributed by atoms with Gasteiger partial charge in [0.2, 0.25) is 0 Å². The molecule has 9 heteroatoms. The van der Waals surface area contributed by atoms with E-state index in [4.69, 9.17) is 23.2 Å². The molecule has 1 aliphatic rings. The normalized spacial score (nSPS) is 13.9. The summed E-state index contributed by atoms with van der Waals surface area (Å²) >= 11 is 12.1. The summed E-state index contributed by atoms with van der Waals surface area (Å²) in [4.78, 5) is 28.1. The molecule has 0 unspecified atom stereocenters. The van der Waals surface area contributed by atoms with Crippen LogP contribution in [0.25, 0.3) is 0 Å². The van der Waals surface area contributed by atoms with Gasteiger partial charge in [0.25, 0.3) is 5.91 Å². The van der Waals surface area contributed by atoms with Crippen LogP contribution in [0.2, 0.25) is 10.0 Å². The van der Waals surface area contributed by atoms with E-state index in [-0.39, 0.29) is 16.0 Å². The van der Waals surface area contributed by atoms with E-state index in [1.165, 1.54) is 12.4 Å². The van der Waals surface area contributed by atoms with Crippen LogP contribution in [0, 0.1) is 0 Å². The second-order valence-electron chi connectivity index (χ2n) is 7.25. The van der Waals surface area contributed by atoms with Gasteiger partial charge in [-0.25, -0.2) is 4.79 Å². The molecule has 0 bridgehead atoms. The highest BCUT2D eigenvalue weighted by Crippen LogP contribution is 2.29. The molecular weight excluding hydrogens is 439 g/mol. The van der Waals surface area contributed by atoms with Crippen molar-refractivity contribution in [2.45, 2.75) is 38.6 Å². The molecule has 1 aliphatic carbocycles. The van der Waals surface area contributed by atoms with Crippen LogP contribution < -0.4 is 16.0 Å². The monoisotopic (exact) mass is 462 g/mol. The van der Waals surface area contributed by atoms with Crippen LogP contribution in [0.3, 0.4) is 0 Å². The number of carbonyl (C=O) groups is 2. The van der Waals surface area contributed by atoms with Crippen LogP contribution in [0.4, 0.5) is 5.69 Å². The third-order valence-electron chi connectivity index (χ3n) is 4.97. The van der Waals surface area contributed by atoms with Crippen molar-refractivity contribution in [3.05, 3.63) is 69.2 Å². The fraction of sp³-hybridized carbons (Fsp3) is 0.318. The van der Waals surface area contributed by atoms with E-state index in [1.807, 2.05) is 0 Å². The molecule has 31 heavy (non-hydrogen) atoms. The number of carboxylic acids is 1. The van der Waals surface area contributed by atoms with Crippen LogP contribution in [-0.2, 0) is 11.2 Å². The maximum Gasteiger partial charge on any atom is 0.326 e. The van der Waals surface area contributed by atoms with Gasteiger partial charge in [0.15, 0.2) is 0 Å². The Bertz CT molecular complexity index is 973. The molecule has 1 atom stereocenters. The number of aromatic nitrogens is 1. The van der Waals surface area contributed by atoms with Crippen molar-refractivity contribution < 1.29 is 14.7 Å². The number of carboxylic acid groups (broad SMARTS) is 1. The van der Waals surface area contributed by atoms with E-state index < -0.39 is 12.0 Å². The molecule has 1 amide bonds. The van der Waals surface area contributed by atoms with Gasteiger partial charge < -0.3 is 21.1 Å². The predicted molar refractivity (Wildman–Crippen MR) is 121 cm³/mol. The van der Waals surface area contributed by atoms with Crippen molar-refractivity contribution in [1.82, 2.24) is 15.6 Å². The zero-order valence-electron chi connectivity index (χ0n) is 17.0. The number of rotatable bonds is 10. The molecule has 0 radical (unpaired) electrons. The molecule has 7 nitrogen and oxygen atoms in total. The lowest BCUT2D eigenvalue weighted by atomic mass is 9.98. The number of hydrogen-bond donors (Lipinski definition) is 4. The van der Waals surface area contributed by atoms with Crippen LogP contribution >= 0.6 is 23.2 Å². The number of aliphatic carboxylic acids is 1. The fourth-order valence-electron chi connectivity index (χ4n) is 3.16. The Morgan fingerprint density at radius 1 is 1.10 bits per heavy atom. The highest BCUT2D eigenvalue weighted by Gasteiger charge is 2.24. The molecule has 4 N–H and O–H groups in total. The summed E-state index contributed by atoms with van der Waals surface area (Å²) in [5.74, 6) is -1.29. The Kier molecular flexibility index (Phi) is 7.76. The van der Waals surface area contributed by atoms with Crippen molar-refractivity contribution in [3.63, 3.8) is 0 Å². The topological polar surface area (TPSA) is 103 Å². The summed E-state index contributed by atoms with van der Waals surface area (Å²) in [6.07, 6.45) is 5.87. The highest BCUT2D eigenvalue weighted by molar-refractivity contribution is 6.39. The van der Waals surface area contributed by atoms with Gasteiger partial charge in [-0.05, 0) is 37.0 Å². The first-order chi connectivity index (χ1) is 14.9. The minimum absolute atomic E-state index is 0.242. The van der Waals surface area contributed by atoms with Gasteiger partial charge >= 0.3 is 5.97 Å². The minimum Gasteiger partial charge on any atom is -0.480 e. The number of hydrogen-bond acceptors (Lipinski definition) is 5. The maximum atomic E-state index is 12.5. The number of nitrogens with zero attached hydrogens (tertiary/aromatic N) is 1. The molecule has 3 rings (SSSR count). The van der Waals surface area contributed by atoms with Gasteiger partial charge in [0, 0.05) is 42.3 Å². The molecule has 0 saturated heterocycles. The van der Waals surface area contributed by atoms with E-state index in [0.29, 0.717) is 17.7 Å².